The molecule has 2 heterocycles. The van der Waals surface area contributed by atoms with Crippen molar-refractivity contribution in [2.24, 2.45) is 0 Å². The Bertz CT molecular complexity index is 1090. The van der Waals surface area contributed by atoms with Gasteiger partial charge < -0.3 is 15.5 Å². The first-order valence-corrected chi connectivity index (χ1v) is 13.3. The van der Waals surface area contributed by atoms with Gasteiger partial charge >= 0.3 is 0 Å². The molecule has 0 aliphatic heterocycles. The molecule has 178 valence electrons. The van der Waals surface area contributed by atoms with Crippen LogP contribution in [0, 0.1) is 6.92 Å². The van der Waals surface area contributed by atoms with Gasteiger partial charge in [0.25, 0.3) is 5.91 Å². The standard InChI is InChI=1S/C26H29N3O3S2/c1-18-10-12-19(13-11-18)24(26(32)28-20-6-2-3-7-20)29(17-21-8-4-14-33-21)23(30)16-27-25(31)22-9-5-15-34-22/h4-5,8-15,20,24H,2-3,6-7,16-17H2,1H3,(H,27,31)(H,28,32). The molecule has 3 amide bonds. The monoisotopic (exact) mass is 495 g/mol. The Morgan fingerprint density at radius 1 is 1.00 bits per heavy atom. The number of aryl methyl sites for hydroxylation is 1. The Hall–Kier alpha value is -2.97. The number of thiophene rings is 2. The topological polar surface area (TPSA) is 78.5 Å². The second kappa shape index (κ2) is 11.4. The van der Waals surface area contributed by atoms with E-state index in [1.807, 2.05) is 54.1 Å². The molecule has 6 nitrogen and oxygen atoms in total. The number of carbonyl (C=O) groups excluding carboxylic acids is 3. The minimum Gasteiger partial charge on any atom is -0.351 e. The summed E-state index contributed by atoms with van der Waals surface area (Å²) in [5, 5.41) is 9.68. The highest BCUT2D eigenvalue weighted by molar-refractivity contribution is 7.12. The second-order valence-electron chi connectivity index (χ2n) is 8.56. The maximum Gasteiger partial charge on any atom is 0.261 e. The number of benzene rings is 1. The molecule has 1 unspecified atom stereocenters. The van der Waals surface area contributed by atoms with E-state index in [4.69, 9.17) is 0 Å². The van der Waals surface area contributed by atoms with Crippen LogP contribution in [0.25, 0.3) is 0 Å². The van der Waals surface area contributed by atoms with Crippen molar-refractivity contribution in [3.05, 3.63) is 80.2 Å². The van der Waals surface area contributed by atoms with Crippen molar-refractivity contribution in [2.75, 3.05) is 6.54 Å². The van der Waals surface area contributed by atoms with E-state index in [2.05, 4.69) is 10.6 Å². The maximum atomic E-state index is 13.6. The fourth-order valence-electron chi connectivity index (χ4n) is 4.22. The molecule has 1 fully saturated rings. The fourth-order valence-corrected chi connectivity index (χ4v) is 5.56. The molecule has 0 spiro atoms. The van der Waals surface area contributed by atoms with Crippen LogP contribution in [0.1, 0.15) is 57.4 Å². The van der Waals surface area contributed by atoms with Gasteiger partial charge in [-0.05, 0) is 48.2 Å². The number of rotatable bonds is 9. The van der Waals surface area contributed by atoms with Gasteiger partial charge in [0, 0.05) is 10.9 Å². The van der Waals surface area contributed by atoms with Gasteiger partial charge in [-0.15, -0.1) is 22.7 Å². The predicted octanol–water partition coefficient (Wildman–Crippen LogP) is 4.68. The molecule has 4 rings (SSSR count). The van der Waals surface area contributed by atoms with Crippen molar-refractivity contribution in [1.82, 2.24) is 15.5 Å². The molecule has 1 aliphatic rings. The number of nitrogens with one attached hydrogen (secondary N) is 2. The molecule has 2 aromatic heterocycles. The van der Waals surface area contributed by atoms with E-state index in [9.17, 15) is 14.4 Å². The lowest BCUT2D eigenvalue weighted by Crippen LogP contribution is -2.48. The summed E-state index contributed by atoms with van der Waals surface area (Å²) in [6.45, 7) is 2.11. The normalized spacial score (nSPS) is 14.5. The number of carbonyl (C=O) groups is 3. The van der Waals surface area contributed by atoms with Gasteiger partial charge in [-0.3, -0.25) is 14.4 Å². The van der Waals surface area contributed by atoms with E-state index < -0.39 is 6.04 Å². The number of hydrogen-bond acceptors (Lipinski definition) is 5. The first-order valence-electron chi connectivity index (χ1n) is 11.5. The molecule has 1 saturated carbocycles. The zero-order valence-corrected chi connectivity index (χ0v) is 20.8. The average molecular weight is 496 g/mol. The SMILES string of the molecule is Cc1ccc(C(C(=O)NC2CCCC2)N(Cc2cccs2)C(=O)CNC(=O)c2cccs2)cc1. The van der Waals surface area contributed by atoms with Gasteiger partial charge in [-0.25, -0.2) is 0 Å². The summed E-state index contributed by atoms with van der Waals surface area (Å²) in [5.41, 5.74) is 1.84. The van der Waals surface area contributed by atoms with Crippen LogP contribution in [-0.2, 0) is 16.1 Å². The molecule has 0 saturated heterocycles. The van der Waals surface area contributed by atoms with Crippen molar-refractivity contribution in [3.63, 3.8) is 0 Å². The molecular formula is C26H29N3O3S2. The Kier molecular flexibility index (Phi) is 8.13. The van der Waals surface area contributed by atoms with Gasteiger partial charge in [0.1, 0.15) is 6.04 Å². The highest BCUT2D eigenvalue weighted by atomic mass is 32.1. The fraction of sp³-hybridized carbons (Fsp3) is 0.346. The zero-order chi connectivity index (χ0) is 23.9. The van der Waals surface area contributed by atoms with Crippen LogP contribution in [0.5, 0.6) is 0 Å². The summed E-state index contributed by atoms with van der Waals surface area (Å²) in [6.07, 6.45) is 4.13. The van der Waals surface area contributed by atoms with E-state index in [-0.39, 0.29) is 30.3 Å². The smallest absolute Gasteiger partial charge is 0.261 e. The number of nitrogens with zero attached hydrogens (tertiary/aromatic N) is 1. The van der Waals surface area contributed by atoms with Gasteiger partial charge in [0.2, 0.25) is 11.8 Å². The Labute approximate surface area is 208 Å². The third-order valence-corrected chi connectivity index (χ3v) is 7.76. The largest absolute Gasteiger partial charge is 0.351 e. The summed E-state index contributed by atoms with van der Waals surface area (Å²) in [7, 11) is 0. The van der Waals surface area contributed by atoms with Crippen LogP contribution < -0.4 is 10.6 Å². The van der Waals surface area contributed by atoms with Crippen molar-refractivity contribution in [2.45, 2.75) is 51.2 Å². The van der Waals surface area contributed by atoms with Crippen molar-refractivity contribution < 1.29 is 14.4 Å². The lowest BCUT2D eigenvalue weighted by molar-refractivity contribution is -0.141. The Morgan fingerprint density at radius 2 is 1.71 bits per heavy atom. The molecule has 3 aromatic rings. The quantitative estimate of drug-likeness (QED) is 0.453. The Morgan fingerprint density at radius 3 is 2.35 bits per heavy atom. The van der Waals surface area contributed by atoms with Crippen molar-refractivity contribution in [1.29, 1.82) is 0 Å². The average Bonchev–Trinajstić information content (AvgIpc) is 3.62. The van der Waals surface area contributed by atoms with Crippen LogP contribution in [0.3, 0.4) is 0 Å². The molecule has 1 aliphatic carbocycles. The summed E-state index contributed by atoms with van der Waals surface area (Å²) >= 11 is 2.86. The number of hydrogen-bond donors (Lipinski definition) is 2. The molecule has 2 N–H and O–H groups in total. The van der Waals surface area contributed by atoms with Gasteiger partial charge in [-0.2, -0.15) is 0 Å². The summed E-state index contributed by atoms with van der Waals surface area (Å²) in [5.74, 6) is -0.766. The minimum atomic E-state index is -0.783. The Balaban J connectivity index is 1.60. The van der Waals surface area contributed by atoms with Crippen LogP contribution in [0.4, 0.5) is 0 Å². The zero-order valence-electron chi connectivity index (χ0n) is 19.2. The molecule has 8 heteroatoms. The van der Waals surface area contributed by atoms with Crippen LogP contribution >= 0.6 is 22.7 Å². The summed E-state index contributed by atoms with van der Waals surface area (Å²) in [6, 6.07) is 14.5. The third-order valence-electron chi connectivity index (χ3n) is 6.03. The van der Waals surface area contributed by atoms with E-state index in [1.54, 1.807) is 17.0 Å². The van der Waals surface area contributed by atoms with Crippen molar-refractivity contribution >= 4 is 40.4 Å². The lowest BCUT2D eigenvalue weighted by Gasteiger charge is -2.32. The molecular weight excluding hydrogens is 466 g/mol. The van der Waals surface area contributed by atoms with E-state index in [0.717, 1.165) is 41.7 Å². The van der Waals surface area contributed by atoms with Gasteiger partial charge in [-0.1, -0.05) is 54.8 Å². The van der Waals surface area contributed by atoms with E-state index in [0.29, 0.717) is 11.4 Å². The lowest BCUT2D eigenvalue weighted by atomic mass is 10.0. The predicted molar refractivity (Wildman–Crippen MR) is 136 cm³/mol. The first-order chi connectivity index (χ1) is 16.5. The minimum absolute atomic E-state index is 0.137. The summed E-state index contributed by atoms with van der Waals surface area (Å²) in [4.78, 5) is 42.7. The van der Waals surface area contributed by atoms with Gasteiger partial charge in [0.15, 0.2) is 0 Å². The second-order valence-corrected chi connectivity index (χ2v) is 10.5. The number of amides is 3. The maximum absolute atomic E-state index is 13.6. The van der Waals surface area contributed by atoms with E-state index >= 15 is 0 Å². The first kappa shape index (κ1) is 24.2. The van der Waals surface area contributed by atoms with E-state index in [1.165, 1.54) is 22.7 Å². The third kappa shape index (κ3) is 6.12. The van der Waals surface area contributed by atoms with Gasteiger partial charge in [0.05, 0.1) is 18.0 Å². The van der Waals surface area contributed by atoms with Crippen LogP contribution in [-0.4, -0.2) is 35.2 Å². The molecule has 0 bridgehead atoms. The summed E-state index contributed by atoms with van der Waals surface area (Å²) < 4.78 is 0. The molecule has 1 aromatic carbocycles. The highest BCUT2D eigenvalue weighted by Crippen LogP contribution is 2.27. The van der Waals surface area contributed by atoms with Crippen LogP contribution in [0.2, 0.25) is 0 Å². The molecule has 34 heavy (non-hydrogen) atoms. The molecule has 0 radical (unpaired) electrons. The van der Waals surface area contributed by atoms with Crippen molar-refractivity contribution in [3.8, 4) is 0 Å². The molecule has 1 atom stereocenters. The highest BCUT2D eigenvalue weighted by Gasteiger charge is 2.33. The van der Waals surface area contributed by atoms with Crippen LogP contribution in [0.15, 0.2) is 59.3 Å².